The highest BCUT2D eigenvalue weighted by Gasteiger charge is 2.18. The van der Waals surface area contributed by atoms with Crippen LogP contribution in [0.4, 0.5) is 0 Å². The maximum atomic E-state index is 12.2. The number of likely N-dealkylation sites (N-methyl/N-ethyl adjacent to an activating group) is 1. The van der Waals surface area contributed by atoms with E-state index < -0.39 is 0 Å². The lowest BCUT2D eigenvalue weighted by Crippen LogP contribution is -2.29. The summed E-state index contributed by atoms with van der Waals surface area (Å²) in [4.78, 5) is 21.5. The largest absolute Gasteiger partial charge is 0.472 e. The van der Waals surface area contributed by atoms with Crippen molar-refractivity contribution in [2.75, 3.05) is 14.2 Å². The molecule has 0 saturated heterocycles. The molecule has 0 fully saturated rings. The van der Waals surface area contributed by atoms with E-state index in [2.05, 4.69) is 34.5 Å². The van der Waals surface area contributed by atoms with Crippen LogP contribution >= 0.6 is 11.6 Å². The number of hydrogen-bond donors (Lipinski definition) is 1. The molecule has 160 valence electrons. The zero-order chi connectivity index (χ0) is 22.2. The Kier molecular flexibility index (Phi) is 7.62. The van der Waals surface area contributed by atoms with Crippen molar-refractivity contribution in [3.05, 3.63) is 94.1 Å². The molecule has 31 heavy (non-hydrogen) atoms. The Bertz CT molecular complexity index is 1070. The van der Waals surface area contributed by atoms with Crippen LogP contribution in [0.1, 0.15) is 35.1 Å². The van der Waals surface area contributed by atoms with E-state index in [9.17, 15) is 4.79 Å². The van der Waals surface area contributed by atoms with Crippen molar-refractivity contribution in [3.63, 3.8) is 0 Å². The number of nitrogens with zero attached hydrogens (tertiary/aromatic N) is 2. The smallest absolute Gasteiger partial charge is 0.273 e. The van der Waals surface area contributed by atoms with E-state index in [4.69, 9.17) is 21.2 Å². The summed E-state index contributed by atoms with van der Waals surface area (Å²) in [5, 5.41) is 6.86. The van der Waals surface area contributed by atoms with E-state index in [1.165, 1.54) is 19.7 Å². The summed E-state index contributed by atoms with van der Waals surface area (Å²) in [7, 11) is 2.93. The number of carbonyl (C=O) groups excluding carboxylic acids is 1. The molecule has 6 nitrogen and oxygen atoms in total. The molecule has 3 rings (SSSR count). The van der Waals surface area contributed by atoms with Gasteiger partial charge in [-0.15, -0.1) is 0 Å². The number of aromatic nitrogens is 1. The van der Waals surface area contributed by atoms with Crippen LogP contribution in [-0.4, -0.2) is 30.8 Å². The molecule has 0 aliphatic heterocycles. The third-order valence-corrected chi connectivity index (χ3v) is 5.16. The summed E-state index contributed by atoms with van der Waals surface area (Å²) in [5.74, 6) is 0.122. The van der Waals surface area contributed by atoms with Crippen LogP contribution in [0.15, 0.2) is 72.0 Å². The van der Waals surface area contributed by atoms with Gasteiger partial charge in [0.25, 0.3) is 5.91 Å². The van der Waals surface area contributed by atoms with Gasteiger partial charge in [0.05, 0.1) is 0 Å². The molecular weight excluding hydrogens is 414 g/mol. The van der Waals surface area contributed by atoms with E-state index >= 15 is 0 Å². The Labute approximate surface area is 186 Å². The molecule has 0 aliphatic rings. The monoisotopic (exact) mass is 437 g/mol. The van der Waals surface area contributed by atoms with Gasteiger partial charge in [0, 0.05) is 24.7 Å². The molecule has 1 unspecified atom stereocenters. The van der Waals surface area contributed by atoms with Crippen LogP contribution in [0.5, 0.6) is 5.88 Å². The minimum Gasteiger partial charge on any atom is -0.472 e. The molecule has 1 atom stereocenters. The van der Waals surface area contributed by atoms with Gasteiger partial charge in [-0.3, -0.25) is 4.79 Å². The zero-order valence-electron chi connectivity index (χ0n) is 17.6. The topological polar surface area (TPSA) is 72.8 Å². The van der Waals surface area contributed by atoms with Gasteiger partial charge in [-0.05, 0) is 22.8 Å². The number of oxime groups is 1. The molecule has 1 heterocycles. The van der Waals surface area contributed by atoms with E-state index in [1.807, 2.05) is 42.5 Å². The Morgan fingerprint density at radius 1 is 1.13 bits per heavy atom. The van der Waals surface area contributed by atoms with Gasteiger partial charge in [0.2, 0.25) is 5.88 Å². The highest BCUT2D eigenvalue weighted by atomic mass is 35.5. The van der Waals surface area contributed by atoms with Crippen molar-refractivity contribution in [2.45, 2.75) is 19.4 Å². The van der Waals surface area contributed by atoms with Crippen molar-refractivity contribution in [1.29, 1.82) is 0 Å². The minimum atomic E-state index is -0.357. The SMILES string of the molecule is CNC(=O)/C(=N\OC)c1ccccc1COc1ncc(C(C)c2ccccc2)cc1Cl. The first-order chi connectivity index (χ1) is 15.0. The van der Waals surface area contributed by atoms with Gasteiger partial charge >= 0.3 is 0 Å². The molecule has 0 spiro atoms. The number of amides is 1. The lowest BCUT2D eigenvalue weighted by Gasteiger charge is -2.15. The number of rotatable bonds is 8. The molecule has 0 aliphatic carbocycles. The predicted molar refractivity (Wildman–Crippen MR) is 122 cm³/mol. The quantitative estimate of drug-likeness (QED) is 0.414. The van der Waals surface area contributed by atoms with Gasteiger partial charge in [-0.2, -0.15) is 0 Å². The zero-order valence-corrected chi connectivity index (χ0v) is 18.4. The van der Waals surface area contributed by atoms with Gasteiger partial charge < -0.3 is 14.9 Å². The maximum absolute atomic E-state index is 12.2. The molecule has 1 N–H and O–H groups in total. The Hall–Kier alpha value is -3.38. The average Bonchev–Trinajstić information content (AvgIpc) is 2.81. The molecule has 0 bridgehead atoms. The summed E-state index contributed by atoms with van der Waals surface area (Å²) in [5.41, 5.74) is 3.70. The first-order valence-electron chi connectivity index (χ1n) is 9.79. The van der Waals surface area contributed by atoms with E-state index in [0.717, 1.165) is 11.1 Å². The van der Waals surface area contributed by atoms with E-state index in [1.54, 1.807) is 12.3 Å². The van der Waals surface area contributed by atoms with Crippen LogP contribution < -0.4 is 10.1 Å². The molecule has 1 aromatic heterocycles. The molecule has 3 aromatic rings. The number of nitrogens with one attached hydrogen (secondary N) is 1. The third kappa shape index (κ3) is 5.41. The van der Waals surface area contributed by atoms with Crippen LogP contribution in [0.3, 0.4) is 0 Å². The van der Waals surface area contributed by atoms with Crippen LogP contribution in [0.25, 0.3) is 0 Å². The standard InChI is InChI=1S/C24H24ClN3O3/c1-16(17-9-5-4-6-10-17)19-13-21(25)24(27-14-19)31-15-18-11-7-8-12-20(18)22(28-30-3)23(29)26-2/h4-14,16H,15H2,1-3H3,(H,26,29)/b28-22-. The molecule has 2 aromatic carbocycles. The Morgan fingerprint density at radius 2 is 1.84 bits per heavy atom. The van der Waals surface area contributed by atoms with Crippen molar-refractivity contribution in [2.24, 2.45) is 5.16 Å². The molecule has 1 amide bonds. The molecular formula is C24H24ClN3O3. The fraction of sp³-hybridized carbons (Fsp3) is 0.208. The van der Waals surface area contributed by atoms with Crippen LogP contribution in [-0.2, 0) is 16.2 Å². The maximum Gasteiger partial charge on any atom is 0.273 e. The first kappa shape index (κ1) is 22.3. The van der Waals surface area contributed by atoms with E-state index in [-0.39, 0.29) is 24.1 Å². The van der Waals surface area contributed by atoms with Gasteiger partial charge in [0.1, 0.15) is 18.7 Å². The number of pyridine rings is 1. The normalized spacial score (nSPS) is 12.2. The summed E-state index contributed by atoms with van der Waals surface area (Å²) in [6, 6.07) is 19.3. The second-order valence-corrected chi connectivity index (χ2v) is 7.24. The van der Waals surface area contributed by atoms with Crippen molar-refractivity contribution >= 4 is 23.2 Å². The van der Waals surface area contributed by atoms with Crippen LogP contribution in [0, 0.1) is 0 Å². The predicted octanol–water partition coefficient (Wildman–Crippen LogP) is 4.56. The Morgan fingerprint density at radius 3 is 2.52 bits per heavy atom. The summed E-state index contributed by atoms with van der Waals surface area (Å²) in [6.45, 7) is 2.27. The third-order valence-electron chi connectivity index (χ3n) is 4.89. The van der Waals surface area contributed by atoms with Gasteiger partial charge in [-0.25, -0.2) is 4.98 Å². The fourth-order valence-corrected chi connectivity index (χ4v) is 3.39. The summed E-state index contributed by atoms with van der Waals surface area (Å²) < 4.78 is 5.88. The number of benzene rings is 2. The minimum absolute atomic E-state index is 0.154. The lowest BCUT2D eigenvalue weighted by molar-refractivity contribution is -0.114. The Balaban J connectivity index is 1.79. The van der Waals surface area contributed by atoms with E-state index in [0.29, 0.717) is 16.5 Å². The summed E-state index contributed by atoms with van der Waals surface area (Å²) in [6.07, 6.45) is 1.77. The van der Waals surface area contributed by atoms with Crippen molar-refractivity contribution in [1.82, 2.24) is 10.3 Å². The second-order valence-electron chi connectivity index (χ2n) is 6.84. The fourth-order valence-electron chi connectivity index (χ4n) is 3.16. The molecule has 7 heteroatoms. The molecule has 0 saturated carbocycles. The second kappa shape index (κ2) is 10.6. The van der Waals surface area contributed by atoms with Gasteiger partial charge in [0.15, 0.2) is 5.71 Å². The number of hydrogen-bond acceptors (Lipinski definition) is 5. The van der Waals surface area contributed by atoms with Crippen molar-refractivity contribution in [3.8, 4) is 5.88 Å². The number of ether oxygens (including phenoxy) is 1. The number of halogens is 1. The molecule has 0 radical (unpaired) electrons. The summed E-state index contributed by atoms with van der Waals surface area (Å²) >= 11 is 6.46. The first-order valence-corrected chi connectivity index (χ1v) is 10.2. The lowest BCUT2D eigenvalue weighted by atomic mass is 9.95. The van der Waals surface area contributed by atoms with Crippen molar-refractivity contribution < 1.29 is 14.4 Å². The highest BCUT2D eigenvalue weighted by molar-refractivity contribution is 6.45. The van der Waals surface area contributed by atoms with Gasteiger partial charge in [-0.1, -0.05) is 78.3 Å². The highest BCUT2D eigenvalue weighted by Crippen LogP contribution is 2.30. The van der Waals surface area contributed by atoms with Crippen LogP contribution in [0.2, 0.25) is 5.02 Å². The average molecular weight is 438 g/mol. The number of carbonyl (C=O) groups is 1.